The van der Waals surface area contributed by atoms with Crippen LogP contribution in [0.4, 0.5) is 5.69 Å². The number of amides is 1. The van der Waals surface area contributed by atoms with E-state index in [2.05, 4.69) is 5.32 Å². The van der Waals surface area contributed by atoms with Crippen molar-refractivity contribution in [1.82, 2.24) is 0 Å². The quantitative estimate of drug-likeness (QED) is 0.305. The van der Waals surface area contributed by atoms with Crippen LogP contribution in [0.3, 0.4) is 0 Å². The third-order valence-corrected chi connectivity index (χ3v) is 4.14. The molecule has 0 bridgehead atoms. The summed E-state index contributed by atoms with van der Waals surface area (Å²) in [5, 5.41) is 0.969. The highest BCUT2D eigenvalue weighted by atomic mass is 35.5. The summed E-state index contributed by atoms with van der Waals surface area (Å²) in [4.78, 5) is 49.0. The number of carbonyl (C=O) groups is 4. The fourth-order valence-electron chi connectivity index (χ4n) is 2.44. The van der Waals surface area contributed by atoms with E-state index in [1.807, 2.05) is 0 Å². The highest BCUT2D eigenvalue weighted by Crippen LogP contribution is 2.19. The van der Waals surface area contributed by atoms with Gasteiger partial charge in [-0.1, -0.05) is 30.3 Å². The van der Waals surface area contributed by atoms with Crippen molar-refractivity contribution in [3.63, 3.8) is 0 Å². The van der Waals surface area contributed by atoms with Crippen LogP contribution < -0.4 is 5.32 Å². The average Bonchev–Trinajstić information content (AvgIpc) is 2.73. The van der Waals surface area contributed by atoms with Gasteiger partial charge >= 0.3 is 11.9 Å². The molecule has 0 spiro atoms. The number of ketones is 1. The SMILES string of the molecule is CCOC(=O)c1cc(NC(=O)[C@@H](Cl)C(=O)c2ccccc2)cc(C(=O)OCC)c1. The molecule has 0 heterocycles. The fourth-order valence-corrected chi connectivity index (χ4v) is 2.62. The average molecular weight is 418 g/mol. The van der Waals surface area contributed by atoms with Gasteiger partial charge in [0.05, 0.1) is 24.3 Å². The van der Waals surface area contributed by atoms with E-state index in [-0.39, 0.29) is 35.6 Å². The van der Waals surface area contributed by atoms with Gasteiger partial charge in [-0.2, -0.15) is 0 Å². The lowest BCUT2D eigenvalue weighted by Crippen LogP contribution is -2.30. The Morgan fingerprint density at radius 3 is 1.86 bits per heavy atom. The van der Waals surface area contributed by atoms with E-state index in [9.17, 15) is 19.2 Å². The van der Waals surface area contributed by atoms with Gasteiger partial charge in [0.15, 0.2) is 11.2 Å². The topological polar surface area (TPSA) is 98.8 Å². The van der Waals surface area contributed by atoms with Gasteiger partial charge in [-0.25, -0.2) is 9.59 Å². The number of nitrogens with one attached hydrogen (secondary N) is 1. The van der Waals surface area contributed by atoms with Gasteiger partial charge in [0.2, 0.25) is 5.91 Å². The molecule has 8 heteroatoms. The molecule has 0 fully saturated rings. The van der Waals surface area contributed by atoms with Crippen molar-refractivity contribution in [3.8, 4) is 0 Å². The first-order valence-electron chi connectivity index (χ1n) is 8.90. The van der Waals surface area contributed by atoms with Crippen LogP contribution in [0.5, 0.6) is 0 Å². The summed E-state index contributed by atoms with van der Waals surface area (Å²) in [7, 11) is 0. The van der Waals surface area contributed by atoms with Crippen molar-refractivity contribution in [3.05, 3.63) is 65.2 Å². The molecule has 1 atom stereocenters. The Morgan fingerprint density at radius 1 is 0.862 bits per heavy atom. The molecular formula is C21H20ClNO6. The molecule has 0 unspecified atom stereocenters. The molecule has 2 aromatic carbocycles. The van der Waals surface area contributed by atoms with Gasteiger partial charge in [-0.05, 0) is 32.0 Å². The van der Waals surface area contributed by atoms with Crippen LogP contribution in [-0.2, 0) is 14.3 Å². The zero-order chi connectivity index (χ0) is 21.4. The molecule has 0 aliphatic carbocycles. The summed E-state index contributed by atoms with van der Waals surface area (Å²) in [6.07, 6.45) is 0. The molecule has 0 aromatic heterocycles. The van der Waals surface area contributed by atoms with Crippen molar-refractivity contribution in [1.29, 1.82) is 0 Å². The largest absolute Gasteiger partial charge is 0.462 e. The number of anilines is 1. The second kappa shape index (κ2) is 10.4. The maximum absolute atomic E-state index is 12.4. The summed E-state index contributed by atoms with van der Waals surface area (Å²) in [6.45, 7) is 3.56. The maximum Gasteiger partial charge on any atom is 0.338 e. The summed E-state index contributed by atoms with van der Waals surface area (Å²) >= 11 is 6.03. The van der Waals surface area contributed by atoms with E-state index >= 15 is 0 Å². The van der Waals surface area contributed by atoms with Crippen molar-refractivity contribution >= 4 is 40.9 Å². The van der Waals surface area contributed by atoms with Crippen molar-refractivity contribution in [2.75, 3.05) is 18.5 Å². The van der Waals surface area contributed by atoms with Crippen LogP contribution in [0.2, 0.25) is 0 Å². The molecule has 0 aliphatic heterocycles. The zero-order valence-electron chi connectivity index (χ0n) is 15.9. The number of rotatable bonds is 8. The number of benzene rings is 2. The summed E-state index contributed by atoms with van der Waals surface area (Å²) in [5.74, 6) is -2.71. The van der Waals surface area contributed by atoms with Crippen LogP contribution in [0.15, 0.2) is 48.5 Å². The number of ether oxygens (including phenoxy) is 2. The molecule has 0 saturated carbocycles. The van der Waals surface area contributed by atoms with E-state index in [1.54, 1.807) is 44.2 Å². The smallest absolute Gasteiger partial charge is 0.338 e. The first-order chi connectivity index (χ1) is 13.9. The highest BCUT2D eigenvalue weighted by molar-refractivity contribution is 6.45. The first-order valence-corrected chi connectivity index (χ1v) is 9.34. The lowest BCUT2D eigenvalue weighted by molar-refractivity contribution is -0.115. The van der Waals surface area contributed by atoms with Crippen LogP contribution in [-0.4, -0.2) is 42.2 Å². The monoisotopic (exact) mass is 417 g/mol. The predicted molar refractivity (Wildman–Crippen MR) is 107 cm³/mol. The minimum absolute atomic E-state index is 0.0493. The number of esters is 2. The molecule has 2 rings (SSSR count). The molecule has 2 aromatic rings. The number of hydrogen-bond donors (Lipinski definition) is 1. The third kappa shape index (κ3) is 5.89. The van der Waals surface area contributed by atoms with E-state index in [1.165, 1.54) is 18.2 Å². The predicted octanol–water partition coefficient (Wildman–Crippen LogP) is 3.47. The van der Waals surface area contributed by atoms with Crippen LogP contribution in [0, 0.1) is 0 Å². The number of Topliss-reactive ketones (excluding diaryl/α,β-unsaturated/α-hetero) is 1. The number of alkyl halides is 1. The van der Waals surface area contributed by atoms with Gasteiger partial charge in [0.1, 0.15) is 0 Å². The number of carbonyl (C=O) groups excluding carboxylic acids is 4. The molecule has 152 valence electrons. The Hall–Kier alpha value is -3.19. The number of hydrogen-bond acceptors (Lipinski definition) is 6. The van der Waals surface area contributed by atoms with Crippen LogP contribution >= 0.6 is 11.6 Å². The Labute approximate surface area is 172 Å². The van der Waals surface area contributed by atoms with Crippen molar-refractivity contribution < 1.29 is 28.7 Å². The standard InChI is InChI=1S/C21H20ClNO6/c1-3-28-20(26)14-10-15(21(27)29-4-2)12-16(11-14)23-19(25)17(22)18(24)13-8-6-5-7-9-13/h5-12,17H,3-4H2,1-2H3,(H,23,25)/t17-/m0/s1. The molecule has 0 aliphatic rings. The number of halogens is 1. The molecule has 1 amide bonds. The van der Waals surface area contributed by atoms with Crippen LogP contribution in [0.1, 0.15) is 44.9 Å². The van der Waals surface area contributed by atoms with Gasteiger partial charge in [-0.3, -0.25) is 9.59 Å². The summed E-state index contributed by atoms with van der Waals surface area (Å²) < 4.78 is 9.88. The normalized spacial score (nSPS) is 11.3. The van der Waals surface area contributed by atoms with Gasteiger partial charge in [-0.15, -0.1) is 11.6 Å². The van der Waals surface area contributed by atoms with Crippen molar-refractivity contribution in [2.45, 2.75) is 19.2 Å². The lowest BCUT2D eigenvalue weighted by atomic mass is 10.1. The highest BCUT2D eigenvalue weighted by Gasteiger charge is 2.26. The van der Waals surface area contributed by atoms with Gasteiger partial charge in [0.25, 0.3) is 0 Å². The van der Waals surface area contributed by atoms with E-state index < -0.39 is 29.0 Å². The zero-order valence-corrected chi connectivity index (χ0v) is 16.7. The Bertz CT molecular complexity index is 876. The molecule has 0 saturated heterocycles. The molecule has 7 nitrogen and oxygen atoms in total. The van der Waals surface area contributed by atoms with E-state index in [4.69, 9.17) is 21.1 Å². The Kier molecular flexibility index (Phi) is 7.91. The fraction of sp³-hybridized carbons (Fsp3) is 0.238. The van der Waals surface area contributed by atoms with E-state index in [0.29, 0.717) is 0 Å². The molecule has 29 heavy (non-hydrogen) atoms. The Balaban J connectivity index is 2.27. The molecule has 0 radical (unpaired) electrons. The second-order valence-electron chi connectivity index (χ2n) is 5.82. The van der Waals surface area contributed by atoms with Crippen molar-refractivity contribution in [2.24, 2.45) is 0 Å². The minimum Gasteiger partial charge on any atom is -0.462 e. The van der Waals surface area contributed by atoms with Crippen LogP contribution in [0.25, 0.3) is 0 Å². The lowest BCUT2D eigenvalue weighted by Gasteiger charge is -2.12. The Morgan fingerprint density at radius 2 is 1.38 bits per heavy atom. The van der Waals surface area contributed by atoms with Gasteiger partial charge < -0.3 is 14.8 Å². The summed E-state index contributed by atoms with van der Waals surface area (Å²) in [5.41, 5.74) is 0.492. The minimum atomic E-state index is -1.49. The summed E-state index contributed by atoms with van der Waals surface area (Å²) in [6, 6.07) is 12.1. The molecule has 1 N–H and O–H groups in total. The third-order valence-electron chi connectivity index (χ3n) is 3.74. The maximum atomic E-state index is 12.4. The molecular weight excluding hydrogens is 398 g/mol. The van der Waals surface area contributed by atoms with E-state index in [0.717, 1.165) is 0 Å². The second-order valence-corrected chi connectivity index (χ2v) is 6.26. The van der Waals surface area contributed by atoms with Gasteiger partial charge in [0, 0.05) is 11.3 Å². The first kappa shape index (κ1) is 22.1.